The first kappa shape index (κ1) is 55.4. The lowest BCUT2D eigenvalue weighted by Crippen LogP contribution is -2.37. The van der Waals surface area contributed by atoms with E-state index in [1.54, 1.807) is 6.08 Å². The van der Waals surface area contributed by atoms with Gasteiger partial charge in [0.15, 0.2) is 6.10 Å². The third kappa shape index (κ3) is 41.6. The van der Waals surface area contributed by atoms with Crippen molar-refractivity contribution in [2.24, 2.45) is 0 Å². The van der Waals surface area contributed by atoms with E-state index in [2.05, 4.69) is 32.1 Å². The first-order valence-electron chi connectivity index (χ1n) is 22.3. The van der Waals surface area contributed by atoms with Gasteiger partial charge in [0, 0.05) is 12.8 Å². The molecule has 1 N–H and O–H groups in total. The number of aliphatic hydroxyl groups excluding tert-OH is 1. The zero-order chi connectivity index (χ0) is 43.0. The molecule has 11 heteroatoms. The van der Waals surface area contributed by atoms with Crippen molar-refractivity contribution in [2.45, 2.75) is 167 Å². The summed E-state index contributed by atoms with van der Waals surface area (Å²) >= 11 is 0. The van der Waals surface area contributed by atoms with Gasteiger partial charge in [-0.2, -0.15) is 0 Å². The largest absolute Gasteiger partial charge is 0.756 e. The lowest BCUT2D eigenvalue weighted by atomic mass is 10.0. The van der Waals surface area contributed by atoms with E-state index in [1.165, 1.54) is 64.2 Å². The van der Waals surface area contributed by atoms with Crippen molar-refractivity contribution in [1.29, 1.82) is 0 Å². The highest BCUT2D eigenvalue weighted by molar-refractivity contribution is 7.45. The minimum atomic E-state index is -4.65. The molecule has 2 unspecified atom stereocenters. The van der Waals surface area contributed by atoms with Gasteiger partial charge in [-0.3, -0.25) is 14.2 Å². The molecule has 0 saturated carbocycles. The molecule has 334 valence electrons. The van der Waals surface area contributed by atoms with E-state index in [0.29, 0.717) is 30.3 Å². The standard InChI is InChI=1S/C47H82NO9P/c1-6-8-10-12-14-15-16-17-18-19-24-27-31-35-39-47(51)57-45(43-56-58(52,53)55-41-40-48(3,4)5)42-54-46(50)38-34-30-26-23-21-20-22-25-29-33-37-44(49)36-32-28-13-11-9-7-2/h9,11,20-21,25-26,28-30,32-33,37,44-45,49H,6-8,10,12-19,22-24,27,31,34-36,38-43H2,1-5H3/b11-9-,21-20-,29-25-,30-26-,32-28-,37-33+/t44?,45-/m1/s1. The number of hydrogen-bond acceptors (Lipinski definition) is 9. The SMILES string of the molecule is CC/C=C\C/C=C\CC(O)/C=C/C=C\C/C=C\C/C=C\CCC(=O)OC[C@H](COP(=O)([O-])OCC[N+](C)(C)C)OC(=O)CCCCCCCCCCCCCCCC. The second-order valence-electron chi connectivity index (χ2n) is 15.9. The number of ether oxygens (including phenoxy) is 2. The third-order valence-electron chi connectivity index (χ3n) is 9.08. The molecule has 0 spiro atoms. The Hall–Kier alpha value is -2.59. The molecule has 0 aromatic carbocycles. The number of hydrogen-bond donors (Lipinski definition) is 1. The number of allylic oxidation sites excluding steroid dienone is 10. The van der Waals surface area contributed by atoms with Crippen molar-refractivity contribution in [3.05, 3.63) is 72.9 Å². The Morgan fingerprint density at radius 1 is 0.655 bits per heavy atom. The number of phosphoric ester groups is 1. The molecule has 0 fully saturated rings. The molecule has 0 bridgehead atoms. The summed E-state index contributed by atoms with van der Waals surface area (Å²) in [6.45, 7) is 3.93. The lowest BCUT2D eigenvalue weighted by molar-refractivity contribution is -0.870. The van der Waals surface area contributed by atoms with Crippen molar-refractivity contribution in [2.75, 3.05) is 47.5 Å². The van der Waals surface area contributed by atoms with Gasteiger partial charge >= 0.3 is 11.9 Å². The van der Waals surface area contributed by atoms with Crippen molar-refractivity contribution < 1.29 is 47.2 Å². The van der Waals surface area contributed by atoms with Crippen LogP contribution in [0.15, 0.2) is 72.9 Å². The van der Waals surface area contributed by atoms with Gasteiger partial charge in [-0.15, -0.1) is 0 Å². The predicted molar refractivity (Wildman–Crippen MR) is 237 cm³/mol. The van der Waals surface area contributed by atoms with E-state index in [9.17, 15) is 24.2 Å². The highest BCUT2D eigenvalue weighted by Crippen LogP contribution is 2.38. The van der Waals surface area contributed by atoms with Gasteiger partial charge in [-0.05, 0) is 44.9 Å². The number of likely N-dealkylation sites (N-methyl/N-ethyl adjacent to an activating group) is 1. The van der Waals surface area contributed by atoms with Crippen LogP contribution in [0, 0.1) is 0 Å². The van der Waals surface area contributed by atoms with E-state index in [1.807, 2.05) is 69.8 Å². The number of carbonyl (C=O) groups excluding carboxylic acids is 2. The number of nitrogens with zero attached hydrogens (tertiary/aromatic N) is 1. The number of aliphatic hydroxyl groups is 1. The lowest BCUT2D eigenvalue weighted by Gasteiger charge is -2.28. The normalized spacial score (nSPS) is 14.8. The molecule has 58 heavy (non-hydrogen) atoms. The van der Waals surface area contributed by atoms with Gasteiger partial charge in [0.25, 0.3) is 7.82 Å². The monoisotopic (exact) mass is 836 g/mol. The van der Waals surface area contributed by atoms with Crippen molar-refractivity contribution in [3.63, 3.8) is 0 Å². The van der Waals surface area contributed by atoms with Crippen LogP contribution < -0.4 is 4.89 Å². The minimum Gasteiger partial charge on any atom is -0.756 e. The maximum Gasteiger partial charge on any atom is 0.306 e. The molecule has 0 aliphatic heterocycles. The summed E-state index contributed by atoms with van der Waals surface area (Å²) in [6.07, 6.45) is 44.0. The molecule has 0 rings (SSSR count). The molecule has 0 aliphatic carbocycles. The molecular weight excluding hydrogens is 753 g/mol. The predicted octanol–water partition coefficient (Wildman–Crippen LogP) is 11.0. The van der Waals surface area contributed by atoms with Crippen LogP contribution in [0.2, 0.25) is 0 Å². The van der Waals surface area contributed by atoms with Gasteiger partial charge < -0.3 is 33.0 Å². The molecule has 0 radical (unpaired) electrons. The number of phosphoric acid groups is 1. The molecular formula is C47H82NO9P. The van der Waals surface area contributed by atoms with Crippen LogP contribution in [-0.4, -0.2) is 81.2 Å². The Kier molecular flexibility index (Phi) is 36.9. The van der Waals surface area contributed by atoms with Gasteiger partial charge in [-0.1, -0.05) is 170 Å². The minimum absolute atomic E-state index is 0.0526. The zero-order valence-electron chi connectivity index (χ0n) is 37.1. The highest BCUT2D eigenvalue weighted by Gasteiger charge is 2.21. The Morgan fingerprint density at radius 2 is 1.21 bits per heavy atom. The van der Waals surface area contributed by atoms with Gasteiger partial charge in [-0.25, -0.2) is 0 Å². The number of quaternary nitrogens is 1. The van der Waals surface area contributed by atoms with Crippen LogP contribution in [0.4, 0.5) is 0 Å². The molecule has 3 atom stereocenters. The molecule has 0 aromatic rings. The van der Waals surface area contributed by atoms with Gasteiger partial charge in [0.05, 0.1) is 33.9 Å². The van der Waals surface area contributed by atoms with Crippen molar-refractivity contribution >= 4 is 19.8 Å². The summed E-state index contributed by atoms with van der Waals surface area (Å²) in [4.78, 5) is 37.5. The fourth-order valence-electron chi connectivity index (χ4n) is 5.59. The van der Waals surface area contributed by atoms with E-state index in [4.69, 9.17) is 18.5 Å². The second kappa shape index (κ2) is 38.6. The van der Waals surface area contributed by atoms with Crippen LogP contribution in [0.3, 0.4) is 0 Å². The number of carbonyl (C=O) groups is 2. The van der Waals surface area contributed by atoms with Crippen LogP contribution in [0.5, 0.6) is 0 Å². The summed E-state index contributed by atoms with van der Waals surface area (Å²) in [5.41, 5.74) is 0. The average molecular weight is 836 g/mol. The summed E-state index contributed by atoms with van der Waals surface area (Å²) < 4.78 is 33.8. The summed E-state index contributed by atoms with van der Waals surface area (Å²) in [6, 6.07) is 0. The Morgan fingerprint density at radius 3 is 1.81 bits per heavy atom. The first-order valence-corrected chi connectivity index (χ1v) is 23.7. The van der Waals surface area contributed by atoms with Gasteiger partial charge in [0.1, 0.15) is 19.8 Å². The van der Waals surface area contributed by atoms with Crippen molar-refractivity contribution in [3.8, 4) is 0 Å². The fourth-order valence-corrected chi connectivity index (χ4v) is 6.32. The van der Waals surface area contributed by atoms with Crippen molar-refractivity contribution in [1.82, 2.24) is 0 Å². The molecule has 0 heterocycles. The molecule has 0 aromatic heterocycles. The highest BCUT2D eigenvalue weighted by atomic mass is 31.2. The fraction of sp³-hybridized carbons (Fsp3) is 0.702. The molecule has 0 saturated heterocycles. The van der Waals surface area contributed by atoms with Crippen LogP contribution in [-0.2, 0) is 32.7 Å². The Balaban J connectivity index is 4.53. The quantitative estimate of drug-likeness (QED) is 0.0160. The number of esters is 2. The molecule has 0 aliphatic rings. The maximum atomic E-state index is 12.7. The third-order valence-corrected chi connectivity index (χ3v) is 10.0. The van der Waals surface area contributed by atoms with E-state index >= 15 is 0 Å². The van der Waals surface area contributed by atoms with Crippen LogP contribution >= 0.6 is 7.82 Å². The second-order valence-corrected chi connectivity index (χ2v) is 17.3. The first-order chi connectivity index (χ1) is 27.9. The molecule has 10 nitrogen and oxygen atoms in total. The average Bonchev–Trinajstić information content (AvgIpc) is 3.17. The summed E-state index contributed by atoms with van der Waals surface area (Å²) in [5.74, 6) is -0.965. The number of rotatable bonds is 39. The topological polar surface area (TPSA) is 131 Å². The summed E-state index contributed by atoms with van der Waals surface area (Å²) in [5, 5.41) is 10.0. The van der Waals surface area contributed by atoms with E-state index < -0.39 is 38.6 Å². The van der Waals surface area contributed by atoms with E-state index in [-0.39, 0.29) is 26.1 Å². The summed E-state index contributed by atoms with van der Waals surface area (Å²) in [7, 11) is 1.09. The zero-order valence-corrected chi connectivity index (χ0v) is 38.0. The number of unbranched alkanes of at least 4 members (excludes halogenated alkanes) is 13. The van der Waals surface area contributed by atoms with E-state index in [0.717, 1.165) is 44.9 Å². The molecule has 0 amide bonds. The smallest absolute Gasteiger partial charge is 0.306 e. The Bertz CT molecular complexity index is 1230. The van der Waals surface area contributed by atoms with Gasteiger partial charge in [0.2, 0.25) is 0 Å². The Labute approximate surface area is 353 Å². The van der Waals surface area contributed by atoms with Crippen LogP contribution in [0.25, 0.3) is 0 Å². The maximum absolute atomic E-state index is 12.7. The van der Waals surface area contributed by atoms with Crippen LogP contribution in [0.1, 0.15) is 155 Å².